The molecular weight excluding hydrogens is 558 g/mol. The minimum atomic E-state index is -5.04. The highest BCUT2D eigenvalue weighted by Crippen LogP contribution is 2.42. The third-order valence-corrected chi connectivity index (χ3v) is 6.45. The monoisotopic (exact) mass is 578 g/mol. The quantitative estimate of drug-likeness (QED) is 0.379. The number of aromatic nitrogens is 2. The molecule has 6 nitrogen and oxygen atoms in total. The highest BCUT2D eigenvalue weighted by molar-refractivity contribution is 9.10. The fourth-order valence-corrected chi connectivity index (χ4v) is 4.59. The highest BCUT2D eigenvalue weighted by atomic mass is 79.9. The summed E-state index contributed by atoms with van der Waals surface area (Å²) in [6.07, 6.45) is -5.95. The van der Waals surface area contributed by atoms with Crippen LogP contribution in [0, 0.1) is 0 Å². The molecule has 0 radical (unpaired) electrons. The second kappa shape index (κ2) is 9.91. The summed E-state index contributed by atoms with van der Waals surface area (Å²) < 4.78 is 85.4. The Kier molecular flexibility index (Phi) is 7.22. The van der Waals surface area contributed by atoms with Crippen LogP contribution in [0.25, 0.3) is 0 Å². The summed E-state index contributed by atoms with van der Waals surface area (Å²) in [5, 5.41) is 3.32. The SMILES string of the molecule is C=C1[C@@H](c2cc(C(F)(F)F)cc(C(F)(F)F)c2)OC(=O)N1Cc1nc(Br)cnc1NC1CCCCC1. The van der Waals surface area contributed by atoms with Gasteiger partial charge in [-0.1, -0.05) is 25.8 Å². The van der Waals surface area contributed by atoms with E-state index >= 15 is 0 Å². The van der Waals surface area contributed by atoms with E-state index in [1.54, 1.807) is 0 Å². The molecule has 36 heavy (non-hydrogen) atoms. The van der Waals surface area contributed by atoms with E-state index in [0.29, 0.717) is 28.2 Å². The van der Waals surface area contributed by atoms with Crippen molar-refractivity contribution in [3.63, 3.8) is 0 Å². The number of nitrogens with one attached hydrogen (secondary N) is 1. The number of hydrogen-bond donors (Lipinski definition) is 1. The van der Waals surface area contributed by atoms with Gasteiger partial charge in [-0.15, -0.1) is 0 Å². The molecule has 1 amide bonds. The first-order chi connectivity index (χ1) is 16.8. The van der Waals surface area contributed by atoms with Gasteiger partial charge in [0, 0.05) is 6.04 Å². The smallest absolute Gasteiger partial charge is 0.416 e. The summed E-state index contributed by atoms with van der Waals surface area (Å²) in [5.74, 6) is 0.424. The number of nitrogens with zero attached hydrogens (tertiary/aromatic N) is 3. The first-order valence-electron chi connectivity index (χ1n) is 11.1. The number of rotatable bonds is 5. The van der Waals surface area contributed by atoms with Crippen molar-refractivity contribution < 1.29 is 35.9 Å². The number of amides is 1. The Morgan fingerprint density at radius 2 is 1.67 bits per heavy atom. The number of carbonyl (C=O) groups is 1. The minimum absolute atomic E-state index is 0.0150. The van der Waals surface area contributed by atoms with E-state index in [2.05, 4.69) is 37.8 Å². The molecular formula is C23H21BrF6N4O2. The fourth-order valence-electron chi connectivity index (χ4n) is 4.27. The molecule has 2 aromatic rings. The van der Waals surface area contributed by atoms with Gasteiger partial charge in [0.2, 0.25) is 0 Å². The van der Waals surface area contributed by atoms with Crippen LogP contribution in [0.5, 0.6) is 0 Å². The summed E-state index contributed by atoms with van der Waals surface area (Å²) >= 11 is 3.23. The fraction of sp³-hybridized carbons (Fsp3) is 0.435. The molecule has 1 aromatic carbocycles. The van der Waals surface area contributed by atoms with Crippen LogP contribution in [0.1, 0.15) is 60.6 Å². The Hall–Kier alpha value is -2.83. The molecule has 2 aliphatic rings. The second-order valence-corrected chi connectivity index (χ2v) is 9.46. The maximum atomic E-state index is 13.3. The predicted octanol–water partition coefficient (Wildman–Crippen LogP) is 7.23. The maximum Gasteiger partial charge on any atom is 0.416 e. The van der Waals surface area contributed by atoms with E-state index in [4.69, 9.17) is 4.74 Å². The third-order valence-electron chi connectivity index (χ3n) is 6.07. The third kappa shape index (κ3) is 5.76. The molecule has 1 atom stereocenters. The number of alkyl halides is 6. The molecule has 0 unspecified atom stereocenters. The van der Waals surface area contributed by atoms with Crippen molar-refractivity contribution in [1.82, 2.24) is 14.9 Å². The molecule has 1 saturated carbocycles. The average molecular weight is 579 g/mol. The van der Waals surface area contributed by atoms with Gasteiger partial charge in [-0.05, 0) is 52.5 Å². The van der Waals surface area contributed by atoms with Crippen molar-refractivity contribution in [2.45, 2.75) is 63.1 Å². The lowest BCUT2D eigenvalue weighted by Gasteiger charge is -2.25. The van der Waals surface area contributed by atoms with Gasteiger partial charge < -0.3 is 10.1 Å². The molecule has 194 valence electrons. The van der Waals surface area contributed by atoms with E-state index in [1.807, 2.05) is 0 Å². The van der Waals surface area contributed by atoms with Gasteiger partial charge in [-0.3, -0.25) is 4.90 Å². The van der Waals surface area contributed by atoms with Crippen LogP contribution in [0.3, 0.4) is 0 Å². The van der Waals surface area contributed by atoms with E-state index in [-0.39, 0.29) is 24.4 Å². The Morgan fingerprint density at radius 1 is 1.06 bits per heavy atom. The number of anilines is 1. The van der Waals surface area contributed by atoms with E-state index in [9.17, 15) is 31.1 Å². The van der Waals surface area contributed by atoms with Crippen LogP contribution in [-0.4, -0.2) is 27.0 Å². The molecule has 1 N–H and O–H groups in total. The topological polar surface area (TPSA) is 67.3 Å². The lowest BCUT2D eigenvalue weighted by Crippen LogP contribution is -2.27. The Bertz CT molecular complexity index is 1130. The standard InChI is InChI=1S/C23H21BrF6N4O2/c1-12-19(13-7-14(22(25,26)27)9-15(8-13)23(28,29)30)36-21(35)34(12)11-17-20(31-10-18(24)33-17)32-16-5-3-2-4-6-16/h7-10,16,19H,1-6,11H2,(H,31,32)/t19-/m0/s1. The van der Waals surface area contributed by atoms with Gasteiger partial charge in [0.1, 0.15) is 16.1 Å². The van der Waals surface area contributed by atoms with Crippen molar-refractivity contribution in [3.8, 4) is 0 Å². The zero-order valence-corrected chi connectivity index (χ0v) is 20.3. The summed E-state index contributed by atoms with van der Waals surface area (Å²) in [5.41, 5.74) is -3.27. The largest absolute Gasteiger partial charge is 0.434 e. The summed E-state index contributed by atoms with van der Waals surface area (Å²) in [7, 11) is 0. The molecule has 1 aromatic heterocycles. The lowest BCUT2D eigenvalue weighted by molar-refractivity contribution is -0.143. The van der Waals surface area contributed by atoms with Crippen molar-refractivity contribution in [3.05, 3.63) is 63.7 Å². The van der Waals surface area contributed by atoms with Crippen LogP contribution < -0.4 is 5.32 Å². The van der Waals surface area contributed by atoms with Crippen molar-refractivity contribution in [2.75, 3.05) is 5.32 Å². The Balaban J connectivity index is 1.62. The highest BCUT2D eigenvalue weighted by Gasteiger charge is 2.42. The molecule has 0 spiro atoms. The number of ether oxygens (including phenoxy) is 1. The summed E-state index contributed by atoms with van der Waals surface area (Å²) in [4.78, 5) is 22.4. The first-order valence-corrected chi connectivity index (χ1v) is 11.9. The van der Waals surface area contributed by atoms with Crippen LogP contribution >= 0.6 is 15.9 Å². The predicted molar refractivity (Wildman–Crippen MR) is 121 cm³/mol. The molecule has 1 aliphatic carbocycles. The van der Waals surface area contributed by atoms with Gasteiger partial charge in [-0.2, -0.15) is 26.3 Å². The van der Waals surface area contributed by atoms with E-state index < -0.39 is 41.2 Å². The van der Waals surface area contributed by atoms with Crippen molar-refractivity contribution in [1.29, 1.82) is 0 Å². The maximum absolute atomic E-state index is 13.3. The van der Waals surface area contributed by atoms with Crippen molar-refractivity contribution >= 4 is 27.8 Å². The average Bonchev–Trinajstić information content (AvgIpc) is 3.08. The number of benzene rings is 1. The van der Waals surface area contributed by atoms with Crippen LogP contribution in [0.15, 0.2) is 41.3 Å². The summed E-state index contributed by atoms with van der Waals surface area (Å²) in [6.45, 7) is 3.54. The molecule has 1 saturated heterocycles. The van der Waals surface area contributed by atoms with Gasteiger partial charge in [0.15, 0.2) is 6.10 Å². The number of carbonyl (C=O) groups excluding carboxylic acids is 1. The normalized spacial score (nSPS) is 19.5. The lowest BCUT2D eigenvalue weighted by atomic mass is 9.95. The zero-order chi connectivity index (χ0) is 26.3. The minimum Gasteiger partial charge on any atom is -0.434 e. The van der Waals surface area contributed by atoms with Gasteiger partial charge in [0.05, 0.1) is 29.6 Å². The molecule has 13 heteroatoms. The zero-order valence-electron chi connectivity index (χ0n) is 18.7. The van der Waals surface area contributed by atoms with Crippen LogP contribution in [0.4, 0.5) is 37.0 Å². The van der Waals surface area contributed by atoms with Gasteiger partial charge >= 0.3 is 18.4 Å². The van der Waals surface area contributed by atoms with E-state index in [0.717, 1.165) is 37.0 Å². The van der Waals surface area contributed by atoms with Crippen molar-refractivity contribution in [2.24, 2.45) is 0 Å². The van der Waals surface area contributed by atoms with Gasteiger partial charge in [-0.25, -0.2) is 14.8 Å². The molecule has 1 aliphatic heterocycles. The number of halogens is 7. The first kappa shape index (κ1) is 26.2. The molecule has 0 bridgehead atoms. The molecule has 4 rings (SSSR count). The van der Waals surface area contributed by atoms with E-state index in [1.165, 1.54) is 6.20 Å². The van der Waals surface area contributed by atoms with Crippen LogP contribution in [-0.2, 0) is 23.6 Å². The van der Waals surface area contributed by atoms with Crippen LogP contribution in [0.2, 0.25) is 0 Å². The van der Waals surface area contributed by atoms with Gasteiger partial charge in [0.25, 0.3) is 0 Å². The Morgan fingerprint density at radius 3 is 2.25 bits per heavy atom. The number of hydrogen-bond acceptors (Lipinski definition) is 5. The number of cyclic esters (lactones) is 1. The summed E-state index contributed by atoms with van der Waals surface area (Å²) in [6, 6.07) is 1.23. The Labute approximate surface area is 210 Å². The second-order valence-electron chi connectivity index (χ2n) is 8.65. The molecule has 2 fully saturated rings. The molecule has 2 heterocycles.